The van der Waals surface area contributed by atoms with E-state index in [1.165, 1.54) is 6.07 Å². The molecule has 0 bridgehead atoms. The van der Waals surface area contributed by atoms with Gasteiger partial charge in [-0.3, -0.25) is 0 Å². The fraction of sp³-hybridized carbons (Fsp3) is 0.0625. The Morgan fingerprint density at radius 1 is 1.20 bits per heavy atom. The number of nitrogens with zero attached hydrogens (tertiary/aromatic N) is 2. The number of nitriles is 1. The SMILES string of the molecule is N#Cc1cccc2c1ccn2Cc1ccc(Cl)cc1F. The van der Waals surface area contributed by atoms with Gasteiger partial charge < -0.3 is 4.57 Å². The molecule has 0 radical (unpaired) electrons. The fourth-order valence-electron chi connectivity index (χ4n) is 2.29. The Bertz CT molecular complexity index is 830. The van der Waals surface area contributed by atoms with Crippen LogP contribution in [-0.2, 0) is 6.54 Å². The van der Waals surface area contributed by atoms with Crippen molar-refractivity contribution in [3.63, 3.8) is 0 Å². The third-order valence-corrected chi connectivity index (χ3v) is 3.53. The lowest BCUT2D eigenvalue weighted by molar-refractivity contribution is 0.602. The smallest absolute Gasteiger partial charge is 0.129 e. The topological polar surface area (TPSA) is 28.7 Å². The summed E-state index contributed by atoms with van der Waals surface area (Å²) in [6, 6.07) is 14.2. The summed E-state index contributed by atoms with van der Waals surface area (Å²) in [5, 5.41) is 10.3. The summed E-state index contributed by atoms with van der Waals surface area (Å²) >= 11 is 5.75. The normalized spacial score (nSPS) is 10.7. The van der Waals surface area contributed by atoms with Gasteiger partial charge in [0.15, 0.2) is 0 Å². The molecule has 2 nitrogen and oxygen atoms in total. The first-order valence-corrected chi connectivity index (χ1v) is 6.49. The maximum Gasteiger partial charge on any atom is 0.129 e. The van der Waals surface area contributed by atoms with Crippen LogP contribution in [0, 0.1) is 17.1 Å². The Morgan fingerprint density at radius 3 is 2.80 bits per heavy atom. The highest BCUT2D eigenvalue weighted by atomic mass is 35.5. The summed E-state index contributed by atoms with van der Waals surface area (Å²) in [7, 11) is 0. The second kappa shape index (κ2) is 4.99. The first kappa shape index (κ1) is 12.7. The Balaban J connectivity index is 2.06. The van der Waals surface area contributed by atoms with Gasteiger partial charge in [0, 0.05) is 27.7 Å². The van der Waals surface area contributed by atoms with Crippen LogP contribution in [0.3, 0.4) is 0 Å². The molecule has 20 heavy (non-hydrogen) atoms. The van der Waals surface area contributed by atoms with E-state index in [1.807, 2.05) is 29.0 Å². The van der Waals surface area contributed by atoms with E-state index in [1.54, 1.807) is 18.2 Å². The second-order valence-electron chi connectivity index (χ2n) is 4.53. The summed E-state index contributed by atoms with van der Waals surface area (Å²) < 4.78 is 15.8. The van der Waals surface area contributed by atoms with Crippen molar-refractivity contribution in [2.75, 3.05) is 0 Å². The van der Waals surface area contributed by atoms with E-state index < -0.39 is 0 Å². The van der Waals surface area contributed by atoms with Gasteiger partial charge in [0.2, 0.25) is 0 Å². The maximum atomic E-state index is 13.8. The zero-order valence-electron chi connectivity index (χ0n) is 10.5. The molecular formula is C16H10ClFN2. The molecule has 0 atom stereocenters. The van der Waals surface area contributed by atoms with Gasteiger partial charge in [-0.1, -0.05) is 23.7 Å². The fourth-order valence-corrected chi connectivity index (χ4v) is 2.45. The second-order valence-corrected chi connectivity index (χ2v) is 4.97. The highest BCUT2D eigenvalue weighted by Gasteiger charge is 2.08. The number of benzene rings is 2. The van der Waals surface area contributed by atoms with E-state index in [0.717, 1.165) is 10.9 Å². The molecule has 4 heteroatoms. The van der Waals surface area contributed by atoms with Crippen molar-refractivity contribution in [2.45, 2.75) is 6.54 Å². The van der Waals surface area contributed by atoms with Crippen molar-refractivity contribution in [1.82, 2.24) is 4.57 Å². The largest absolute Gasteiger partial charge is 0.343 e. The van der Waals surface area contributed by atoms with Gasteiger partial charge >= 0.3 is 0 Å². The minimum Gasteiger partial charge on any atom is -0.343 e. The Kier molecular flexibility index (Phi) is 3.17. The van der Waals surface area contributed by atoms with Gasteiger partial charge in [-0.05, 0) is 30.3 Å². The third-order valence-electron chi connectivity index (χ3n) is 3.29. The maximum absolute atomic E-state index is 13.8. The predicted octanol–water partition coefficient (Wildman–Crippen LogP) is 4.35. The molecule has 0 fully saturated rings. The number of fused-ring (bicyclic) bond motifs is 1. The summed E-state index contributed by atoms with van der Waals surface area (Å²) in [5.74, 6) is -0.323. The minimum atomic E-state index is -0.323. The summed E-state index contributed by atoms with van der Waals surface area (Å²) in [6.07, 6.45) is 1.86. The number of aromatic nitrogens is 1. The van der Waals surface area contributed by atoms with E-state index in [9.17, 15) is 4.39 Å². The van der Waals surface area contributed by atoms with Crippen LogP contribution in [0.2, 0.25) is 5.02 Å². The number of halogens is 2. The molecule has 3 rings (SSSR count). The summed E-state index contributed by atoms with van der Waals surface area (Å²) in [5.41, 5.74) is 2.10. The standard InChI is InChI=1S/C16H10ClFN2/c17-13-5-4-12(15(18)8-13)10-20-7-6-14-11(9-19)2-1-3-16(14)20/h1-8H,10H2. The van der Waals surface area contributed by atoms with Crippen LogP contribution in [0.5, 0.6) is 0 Å². The zero-order chi connectivity index (χ0) is 14.1. The van der Waals surface area contributed by atoms with Crippen LogP contribution in [0.4, 0.5) is 4.39 Å². The van der Waals surface area contributed by atoms with E-state index >= 15 is 0 Å². The molecule has 0 aliphatic carbocycles. The Morgan fingerprint density at radius 2 is 2.05 bits per heavy atom. The molecule has 0 spiro atoms. The van der Waals surface area contributed by atoms with E-state index in [0.29, 0.717) is 22.7 Å². The first-order valence-electron chi connectivity index (χ1n) is 6.11. The minimum absolute atomic E-state index is 0.323. The highest BCUT2D eigenvalue weighted by molar-refractivity contribution is 6.30. The highest BCUT2D eigenvalue weighted by Crippen LogP contribution is 2.22. The first-order chi connectivity index (χ1) is 9.69. The van der Waals surface area contributed by atoms with Gasteiger partial charge in [-0.25, -0.2) is 4.39 Å². The average Bonchev–Trinajstić information content (AvgIpc) is 2.85. The van der Waals surface area contributed by atoms with Gasteiger partial charge in [0.25, 0.3) is 0 Å². The monoisotopic (exact) mass is 284 g/mol. The average molecular weight is 285 g/mol. The van der Waals surface area contributed by atoms with Crippen LogP contribution in [0.15, 0.2) is 48.7 Å². The molecular weight excluding hydrogens is 275 g/mol. The van der Waals surface area contributed by atoms with Gasteiger partial charge in [0.05, 0.1) is 18.2 Å². The predicted molar refractivity (Wildman–Crippen MR) is 77.2 cm³/mol. The Hall–Kier alpha value is -2.31. The van der Waals surface area contributed by atoms with Crippen molar-refractivity contribution in [3.8, 4) is 6.07 Å². The van der Waals surface area contributed by atoms with Gasteiger partial charge in [-0.15, -0.1) is 0 Å². The van der Waals surface area contributed by atoms with Gasteiger partial charge in [-0.2, -0.15) is 5.26 Å². The number of hydrogen-bond donors (Lipinski definition) is 0. The van der Waals surface area contributed by atoms with E-state index in [4.69, 9.17) is 16.9 Å². The molecule has 3 aromatic rings. The van der Waals surface area contributed by atoms with E-state index in [2.05, 4.69) is 6.07 Å². The van der Waals surface area contributed by atoms with E-state index in [-0.39, 0.29) is 5.82 Å². The quantitative estimate of drug-likeness (QED) is 0.687. The van der Waals surface area contributed by atoms with Crippen LogP contribution in [0.1, 0.15) is 11.1 Å². The van der Waals surface area contributed by atoms with Crippen LogP contribution in [0.25, 0.3) is 10.9 Å². The molecule has 0 saturated carbocycles. The molecule has 1 aromatic heterocycles. The lowest BCUT2D eigenvalue weighted by Crippen LogP contribution is -2.00. The van der Waals surface area contributed by atoms with Crippen molar-refractivity contribution < 1.29 is 4.39 Å². The summed E-state index contributed by atoms with van der Waals surface area (Å²) in [6.45, 7) is 0.404. The Labute approximate surface area is 120 Å². The lowest BCUT2D eigenvalue weighted by Gasteiger charge is -2.07. The van der Waals surface area contributed by atoms with Crippen molar-refractivity contribution in [2.24, 2.45) is 0 Å². The van der Waals surface area contributed by atoms with Crippen molar-refractivity contribution in [1.29, 1.82) is 5.26 Å². The van der Waals surface area contributed by atoms with Gasteiger partial charge in [0.1, 0.15) is 5.82 Å². The molecule has 2 aromatic carbocycles. The number of hydrogen-bond acceptors (Lipinski definition) is 1. The lowest BCUT2D eigenvalue weighted by atomic mass is 10.1. The van der Waals surface area contributed by atoms with Crippen LogP contribution in [-0.4, -0.2) is 4.57 Å². The molecule has 0 aliphatic heterocycles. The molecule has 0 N–H and O–H groups in total. The molecule has 1 heterocycles. The zero-order valence-corrected chi connectivity index (χ0v) is 11.2. The van der Waals surface area contributed by atoms with Crippen molar-refractivity contribution in [3.05, 3.63) is 70.6 Å². The molecule has 0 saturated heterocycles. The number of rotatable bonds is 2. The van der Waals surface area contributed by atoms with Crippen LogP contribution < -0.4 is 0 Å². The third kappa shape index (κ3) is 2.15. The summed E-state index contributed by atoms with van der Waals surface area (Å²) in [4.78, 5) is 0. The van der Waals surface area contributed by atoms with Crippen molar-refractivity contribution >= 4 is 22.5 Å². The molecule has 0 aliphatic rings. The molecule has 0 unspecified atom stereocenters. The molecule has 0 amide bonds. The molecule has 98 valence electrons. The van der Waals surface area contributed by atoms with Crippen LogP contribution >= 0.6 is 11.6 Å².